The summed E-state index contributed by atoms with van der Waals surface area (Å²) in [5.41, 5.74) is 2.94. The normalized spacial score (nSPS) is 14.7. The first-order valence-electron chi connectivity index (χ1n) is 6.62. The summed E-state index contributed by atoms with van der Waals surface area (Å²) in [5, 5.41) is 11.2. The first kappa shape index (κ1) is 11.9. The Labute approximate surface area is 120 Å². The average molecular weight is 283 g/mol. The van der Waals surface area contributed by atoms with E-state index < -0.39 is 6.10 Å². The van der Waals surface area contributed by atoms with Gasteiger partial charge in [0.15, 0.2) is 0 Å². The lowest BCUT2D eigenvalue weighted by molar-refractivity contribution is 0.220. The Balaban J connectivity index is 1.76. The molecule has 4 rings (SSSR count). The second kappa shape index (κ2) is 4.58. The van der Waals surface area contributed by atoms with Crippen LogP contribution in [0.1, 0.15) is 27.3 Å². The van der Waals surface area contributed by atoms with Gasteiger partial charge in [-0.25, -0.2) is 4.98 Å². The van der Waals surface area contributed by atoms with Gasteiger partial charge in [-0.15, -0.1) is 11.3 Å². The molecule has 1 unspecified atom stereocenters. The van der Waals surface area contributed by atoms with Crippen LogP contribution in [0.5, 0.6) is 0 Å². The molecular weight excluding hydrogens is 270 g/mol. The molecule has 4 heteroatoms. The lowest BCUT2D eigenvalue weighted by Gasteiger charge is -2.07. The van der Waals surface area contributed by atoms with Crippen LogP contribution in [0.2, 0.25) is 0 Å². The Bertz CT molecular complexity index is 745. The molecule has 0 amide bonds. The number of aliphatic hydroxyl groups is 1. The van der Waals surface area contributed by atoms with E-state index in [9.17, 15) is 5.11 Å². The van der Waals surface area contributed by atoms with E-state index in [1.54, 1.807) is 17.6 Å². The summed E-state index contributed by atoms with van der Waals surface area (Å²) >= 11 is 1.60. The standard InChI is InChI=1S/C16H13NO2S/c18-15(10-4-2-1-3-5-10)16-17-14-11-8-9-19-12(11)6-7-13(14)20-16/h1-5,8-9,15,18H,6-7H2. The van der Waals surface area contributed by atoms with Crippen molar-refractivity contribution in [2.75, 3.05) is 0 Å². The first-order valence-corrected chi connectivity index (χ1v) is 7.44. The van der Waals surface area contributed by atoms with E-state index in [1.807, 2.05) is 36.4 Å². The van der Waals surface area contributed by atoms with Gasteiger partial charge in [0.05, 0.1) is 12.0 Å². The topological polar surface area (TPSA) is 46.3 Å². The minimum atomic E-state index is -0.651. The molecular formula is C16H13NO2S. The smallest absolute Gasteiger partial charge is 0.131 e. The number of nitrogens with zero attached hydrogens (tertiary/aromatic N) is 1. The molecule has 2 heterocycles. The largest absolute Gasteiger partial charge is 0.469 e. The molecule has 1 aliphatic carbocycles. The quantitative estimate of drug-likeness (QED) is 0.782. The van der Waals surface area contributed by atoms with Gasteiger partial charge < -0.3 is 9.52 Å². The highest BCUT2D eigenvalue weighted by molar-refractivity contribution is 7.12. The number of furan rings is 1. The van der Waals surface area contributed by atoms with Crippen LogP contribution in [0.3, 0.4) is 0 Å². The number of rotatable bonds is 2. The third-order valence-corrected chi connectivity index (χ3v) is 4.81. The number of aromatic nitrogens is 1. The van der Waals surface area contributed by atoms with Crippen molar-refractivity contribution in [2.24, 2.45) is 0 Å². The van der Waals surface area contributed by atoms with Crippen LogP contribution < -0.4 is 0 Å². The molecule has 0 radical (unpaired) electrons. The molecule has 100 valence electrons. The summed E-state index contributed by atoms with van der Waals surface area (Å²) < 4.78 is 5.47. The molecule has 0 saturated carbocycles. The van der Waals surface area contributed by atoms with E-state index in [0.717, 1.165) is 40.4 Å². The fourth-order valence-electron chi connectivity index (χ4n) is 2.62. The highest BCUT2D eigenvalue weighted by atomic mass is 32.1. The highest BCUT2D eigenvalue weighted by Crippen LogP contribution is 2.39. The van der Waals surface area contributed by atoms with E-state index >= 15 is 0 Å². The summed E-state index contributed by atoms with van der Waals surface area (Å²) in [6, 6.07) is 11.6. The Kier molecular flexibility index (Phi) is 2.72. The van der Waals surface area contributed by atoms with Crippen LogP contribution in [0, 0.1) is 0 Å². The summed E-state index contributed by atoms with van der Waals surface area (Å²) in [4.78, 5) is 5.89. The van der Waals surface area contributed by atoms with E-state index in [0.29, 0.717) is 0 Å². The van der Waals surface area contributed by atoms with Gasteiger partial charge in [-0.05, 0) is 18.1 Å². The van der Waals surface area contributed by atoms with Crippen LogP contribution >= 0.6 is 11.3 Å². The van der Waals surface area contributed by atoms with Gasteiger partial charge in [0.25, 0.3) is 0 Å². The number of fused-ring (bicyclic) bond motifs is 3. The molecule has 0 aliphatic heterocycles. The average Bonchev–Trinajstić information content (AvgIpc) is 3.12. The molecule has 1 aromatic carbocycles. The van der Waals surface area contributed by atoms with E-state index in [2.05, 4.69) is 4.98 Å². The Hall–Kier alpha value is -1.91. The van der Waals surface area contributed by atoms with Gasteiger partial charge in [0.1, 0.15) is 16.9 Å². The maximum atomic E-state index is 10.5. The second-order valence-electron chi connectivity index (χ2n) is 4.89. The highest BCUT2D eigenvalue weighted by Gasteiger charge is 2.25. The zero-order chi connectivity index (χ0) is 13.5. The van der Waals surface area contributed by atoms with Crippen LogP contribution in [0.25, 0.3) is 11.3 Å². The maximum absolute atomic E-state index is 10.5. The van der Waals surface area contributed by atoms with Gasteiger partial charge in [-0.3, -0.25) is 0 Å². The third-order valence-electron chi connectivity index (χ3n) is 3.64. The minimum absolute atomic E-state index is 0.651. The van der Waals surface area contributed by atoms with Crippen LogP contribution in [-0.2, 0) is 12.8 Å². The lowest BCUT2D eigenvalue weighted by atomic mass is 10.0. The zero-order valence-corrected chi connectivity index (χ0v) is 11.6. The molecule has 0 fully saturated rings. The van der Waals surface area contributed by atoms with Gasteiger partial charge >= 0.3 is 0 Å². The Morgan fingerprint density at radius 2 is 2.00 bits per heavy atom. The number of aliphatic hydroxyl groups excluding tert-OH is 1. The van der Waals surface area contributed by atoms with Crippen molar-refractivity contribution in [1.82, 2.24) is 4.98 Å². The second-order valence-corrected chi connectivity index (χ2v) is 6.01. The van der Waals surface area contributed by atoms with Gasteiger partial charge in [-0.1, -0.05) is 30.3 Å². The third kappa shape index (κ3) is 1.80. The molecule has 3 nitrogen and oxygen atoms in total. The Morgan fingerprint density at radius 3 is 2.85 bits per heavy atom. The summed E-state index contributed by atoms with van der Waals surface area (Å²) in [7, 11) is 0. The fourth-order valence-corrected chi connectivity index (χ4v) is 3.71. The van der Waals surface area contributed by atoms with Gasteiger partial charge in [0.2, 0.25) is 0 Å². The van der Waals surface area contributed by atoms with E-state index in [4.69, 9.17) is 4.42 Å². The fraction of sp³-hybridized carbons (Fsp3) is 0.188. The van der Waals surface area contributed by atoms with E-state index in [1.165, 1.54) is 4.88 Å². The van der Waals surface area contributed by atoms with Gasteiger partial charge in [0, 0.05) is 16.9 Å². The number of benzene rings is 1. The molecule has 20 heavy (non-hydrogen) atoms. The first-order chi connectivity index (χ1) is 9.83. The predicted octanol–water partition coefficient (Wildman–Crippen LogP) is 3.58. The molecule has 1 atom stereocenters. The van der Waals surface area contributed by atoms with Crippen molar-refractivity contribution in [3.8, 4) is 11.3 Å². The molecule has 0 saturated heterocycles. The minimum Gasteiger partial charge on any atom is -0.469 e. The van der Waals surface area contributed by atoms with Crippen molar-refractivity contribution in [3.05, 3.63) is 63.9 Å². The molecule has 1 N–H and O–H groups in total. The summed E-state index contributed by atoms with van der Waals surface area (Å²) in [6.45, 7) is 0. The molecule has 0 bridgehead atoms. The van der Waals surface area contributed by atoms with Crippen LogP contribution in [-0.4, -0.2) is 10.1 Å². The number of thiazole rings is 1. The SMILES string of the molecule is OC(c1ccccc1)c1nc2c(s1)CCc1occc1-2. The van der Waals surface area contributed by atoms with Crippen molar-refractivity contribution >= 4 is 11.3 Å². The van der Waals surface area contributed by atoms with Crippen LogP contribution in [0.4, 0.5) is 0 Å². The Morgan fingerprint density at radius 1 is 1.15 bits per heavy atom. The number of hydrogen-bond acceptors (Lipinski definition) is 4. The lowest BCUT2D eigenvalue weighted by Crippen LogP contribution is -2.00. The van der Waals surface area contributed by atoms with E-state index in [-0.39, 0.29) is 0 Å². The van der Waals surface area contributed by atoms with Gasteiger partial charge in [-0.2, -0.15) is 0 Å². The molecule has 3 aromatic rings. The molecule has 2 aromatic heterocycles. The number of hydrogen-bond donors (Lipinski definition) is 1. The zero-order valence-electron chi connectivity index (χ0n) is 10.7. The maximum Gasteiger partial charge on any atom is 0.131 e. The number of aryl methyl sites for hydroxylation is 2. The van der Waals surface area contributed by atoms with Crippen molar-refractivity contribution in [1.29, 1.82) is 0 Å². The monoisotopic (exact) mass is 283 g/mol. The van der Waals surface area contributed by atoms with Crippen molar-refractivity contribution in [2.45, 2.75) is 18.9 Å². The van der Waals surface area contributed by atoms with Crippen molar-refractivity contribution < 1.29 is 9.52 Å². The summed E-state index contributed by atoms with van der Waals surface area (Å²) in [5.74, 6) is 1.00. The molecule has 1 aliphatic rings. The van der Waals surface area contributed by atoms with Crippen LogP contribution in [0.15, 0.2) is 47.1 Å². The molecule has 0 spiro atoms. The van der Waals surface area contributed by atoms with Crippen molar-refractivity contribution in [3.63, 3.8) is 0 Å². The summed E-state index contributed by atoms with van der Waals surface area (Å²) in [6.07, 6.45) is 2.92. The predicted molar refractivity (Wildman–Crippen MR) is 77.7 cm³/mol.